The van der Waals surface area contributed by atoms with E-state index in [-0.39, 0.29) is 0 Å². The maximum atomic E-state index is 8.63. The lowest BCUT2D eigenvalue weighted by Gasteiger charge is -1.99. The molecular formula is C11H11NO2. The third kappa shape index (κ3) is 1.63. The Morgan fingerprint density at radius 3 is 2.29 bits per heavy atom. The molecule has 0 aliphatic carbocycles. The molecule has 1 aromatic carbocycles. The van der Waals surface area contributed by atoms with Crippen LogP contribution >= 0.6 is 0 Å². The molecule has 0 aliphatic heterocycles. The molecule has 0 bridgehead atoms. The highest BCUT2D eigenvalue weighted by Crippen LogP contribution is 2.23. The minimum atomic E-state index is 0.664. The molecule has 1 aromatic heterocycles. The van der Waals surface area contributed by atoms with E-state index in [2.05, 4.69) is 5.48 Å². The number of hydrogen-bond acceptors (Lipinski definition) is 3. The van der Waals surface area contributed by atoms with E-state index in [4.69, 9.17) is 9.62 Å². The molecule has 2 N–H and O–H groups in total. The Hall–Kier alpha value is -1.74. The van der Waals surface area contributed by atoms with Crippen molar-refractivity contribution in [1.82, 2.24) is 0 Å². The van der Waals surface area contributed by atoms with Crippen LogP contribution in [0.2, 0.25) is 0 Å². The van der Waals surface area contributed by atoms with Crippen LogP contribution in [0.15, 0.2) is 40.8 Å². The van der Waals surface area contributed by atoms with Gasteiger partial charge in [-0.15, -0.1) is 0 Å². The lowest BCUT2D eigenvalue weighted by Crippen LogP contribution is -1.87. The van der Waals surface area contributed by atoms with Gasteiger partial charge >= 0.3 is 0 Å². The summed E-state index contributed by atoms with van der Waals surface area (Å²) >= 11 is 0. The molecule has 0 aliphatic rings. The summed E-state index contributed by atoms with van der Waals surface area (Å²) in [6, 6.07) is 11.2. The number of anilines is 1. The van der Waals surface area contributed by atoms with Gasteiger partial charge < -0.3 is 4.42 Å². The molecule has 14 heavy (non-hydrogen) atoms. The first-order chi connectivity index (χ1) is 6.79. The molecule has 2 rings (SSSR count). The lowest BCUT2D eigenvalue weighted by atomic mass is 10.1. The molecule has 1 heterocycles. The van der Waals surface area contributed by atoms with Crippen LogP contribution in [0.5, 0.6) is 0 Å². The minimum absolute atomic E-state index is 0.664. The van der Waals surface area contributed by atoms with Crippen molar-refractivity contribution in [1.29, 1.82) is 0 Å². The Kier molecular flexibility index (Phi) is 2.24. The number of benzene rings is 1. The summed E-state index contributed by atoms with van der Waals surface area (Å²) in [7, 11) is 0. The van der Waals surface area contributed by atoms with Crippen molar-refractivity contribution in [2.45, 2.75) is 6.92 Å². The quantitative estimate of drug-likeness (QED) is 0.713. The molecule has 0 saturated heterocycles. The fourth-order valence-electron chi connectivity index (χ4n) is 1.30. The first-order valence-corrected chi connectivity index (χ1v) is 4.36. The van der Waals surface area contributed by atoms with Gasteiger partial charge in [-0.2, -0.15) is 0 Å². The van der Waals surface area contributed by atoms with Crippen LogP contribution in [0, 0.1) is 6.92 Å². The predicted molar refractivity (Wildman–Crippen MR) is 54.3 cm³/mol. The molecule has 0 fully saturated rings. The van der Waals surface area contributed by atoms with Crippen molar-refractivity contribution in [3.05, 3.63) is 42.2 Å². The molecule has 3 heteroatoms. The second-order valence-electron chi connectivity index (χ2n) is 3.10. The Morgan fingerprint density at radius 2 is 1.79 bits per heavy atom. The van der Waals surface area contributed by atoms with Gasteiger partial charge in [0.05, 0.1) is 5.69 Å². The van der Waals surface area contributed by atoms with E-state index < -0.39 is 0 Å². The number of furan rings is 1. The normalized spacial score (nSPS) is 10.1. The maximum Gasteiger partial charge on any atom is 0.134 e. The van der Waals surface area contributed by atoms with Gasteiger partial charge in [0.25, 0.3) is 0 Å². The van der Waals surface area contributed by atoms with Crippen LogP contribution in [0.3, 0.4) is 0 Å². The molecule has 0 radical (unpaired) electrons. The van der Waals surface area contributed by atoms with Crippen LogP contribution in [0.25, 0.3) is 11.3 Å². The molecule has 0 saturated carbocycles. The SMILES string of the molecule is Cc1ccc(-c2ccc(NO)cc2)o1. The second kappa shape index (κ2) is 3.55. The van der Waals surface area contributed by atoms with E-state index in [1.54, 1.807) is 12.1 Å². The molecule has 0 amide bonds. The summed E-state index contributed by atoms with van der Waals surface area (Å²) in [5.74, 6) is 1.73. The molecule has 2 aromatic rings. The van der Waals surface area contributed by atoms with Crippen LogP contribution in [0.4, 0.5) is 5.69 Å². The van der Waals surface area contributed by atoms with Gasteiger partial charge in [-0.25, -0.2) is 0 Å². The van der Waals surface area contributed by atoms with Crippen molar-refractivity contribution in [3.8, 4) is 11.3 Å². The molecule has 0 atom stereocenters. The number of hydrogen-bond donors (Lipinski definition) is 2. The number of aryl methyl sites for hydroxylation is 1. The zero-order valence-corrected chi connectivity index (χ0v) is 7.82. The first kappa shape index (κ1) is 8.84. The Bertz CT molecular complexity index is 417. The van der Waals surface area contributed by atoms with Crippen molar-refractivity contribution in [3.63, 3.8) is 0 Å². The fraction of sp³-hybridized carbons (Fsp3) is 0.0909. The molecule has 0 unspecified atom stereocenters. The van der Waals surface area contributed by atoms with Crippen molar-refractivity contribution >= 4 is 5.69 Å². The molecule has 3 nitrogen and oxygen atoms in total. The maximum absolute atomic E-state index is 8.63. The predicted octanol–water partition coefficient (Wildman–Crippen LogP) is 3.06. The Labute approximate surface area is 81.9 Å². The monoisotopic (exact) mass is 189 g/mol. The largest absolute Gasteiger partial charge is 0.461 e. The Balaban J connectivity index is 2.33. The summed E-state index contributed by atoms with van der Waals surface area (Å²) < 4.78 is 5.46. The van der Waals surface area contributed by atoms with Crippen LogP contribution in [-0.4, -0.2) is 5.21 Å². The van der Waals surface area contributed by atoms with Crippen molar-refractivity contribution in [2.75, 3.05) is 5.48 Å². The van der Waals surface area contributed by atoms with E-state index in [0.717, 1.165) is 17.1 Å². The molecule has 72 valence electrons. The highest BCUT2D eigenvalue weighted by Gasteiger charge is 2.01. The lowest BCUT2D eigenvalue weighted by molar-refractivity contribution is 0.389. The highest BCUT2D eigenvalue weighted by atomic mass is 16.5. The van der Waals surface area contributed by atoms with Crippen LogP contribution in [-0.2, 0) is 0 Å². The van der Waals surface area contributed by atoms with Crippen molar-refractivity contribution < 1.29 is 9.62 Å². The highest BCUT2D eigenvalue weighted by molar-refractivity contribution is 5.61. The summed E-state index contributed by atoms with van der Waals surface area (Å²) in [5.41, 5.74) is 3.74. The summed E-state index contributed by atoms with van der Waals surface area (Å²) in [6.45, 7) is 1.91. The van der Waals surface area contributed by atoms with Gasteiger partial charge in [0, 0.05) is 5.56 Å². The zero-order chi connectivity index (χ0) is 9.97. The van der Waals surface area contributed by atoms with E-state index in [1.807, 2.05) is 31.2 Å². The average Bonchev–Trinajstić information content (AvgIpc) is 2.65. The molecule has 0 spiro atoms. The van der Waals surface area contributed by atoms with Crippen LogP contribution < -0.4 is 5.48 Å². The smallest absolute Gasteiger partial charge is 0.134 e. The number of rotatable bonds is 2. The van der Waals surface area contributed by atoms with E-state index in [1.165, 1.54) is 0 Å². The van der Waals surface area contributed by atoms with E-state index >= 15 is 0 Å². The fourth-order valence-corrected chi connectivity index (χ4v) is 1.30. The summed E-state index contributed by atoms with van der Waals surface area (Å²) in [6.07, 6.45) is 0. The van der Waals surface area contributed by atoms with E-state index in [9.17, 15) is 0 Å². The first-order valence-electron chi connectivity index (χ1n) is 4.36. The minimum Gasteiger partial charge on any atom is -0.461 e. The Morgan fingerprint density at radius 1 is 1.07 bits per heavy atom. The second-order valence-corrected chi connectivity index (χ2v) is 3.10. The van der Waals surface area contributed by atoms with Gasteiger partial charge in [0.15, 0.2) is 0 Å². The van der Waals surface area contributed by atoms with Crippen molar-refractivity contribution in [2.24, 2.45) is 0 Å². The van der Waals surface area contributed by atoms with Gasteiger partial charge in [-0.1, -0.05) is 0 Å². The number of nitrogens with one attached hydrogen (secondary N) is 1. The standard InChI is InChI=1S/C11H11NO2/c1-8-2-7-11(14-8)9-3-5-10(12-13)6-4-9/h2-7,12-13H,1H3. The average molecular weight is 189 g/mol. The third-order valence-corrected chi connectivity index (χ3v) is 2.04. The summed E-state index contributed by atoms with van der Waals surface area (Å²) in [4.78, 5) is 0. The van der Waals surface area contributed by atoms with Gasteiger partial charge in [-0.3, -0.25) is 10.7 Å². The van der Waals surface area contributed by atoms with Gasteiger partial charge in [0.2, 0.25) is 0 Å². The third-order valence-electron chi connectivity index (χ3n) is 2.04. The molecular weight excluding hydrogens is 178 g/mol. The van der Waals surface area contributed by atoms with Crippen LogP contribution in [0.1, 0.15) is 5.76 Å². The summed E-state index contributed by atoms with van der Waals surface area (Å²) in [5, 5.41) is 8.63. The van der Waals surface area contributed by atoms with Gasteiger partial charge in [-0.05, 0) is 43.3 Å². The topological polar surface area (TPSA) is 45.4 Å². The van der Waals surface area contributed by atoms with Gasteiger partial charge in [0.1, 0.15) is 11.5 Å². The zero-order valence-electron chi connectivity index (χ0n) is 7.82. The van der Waals surface area contributed by atoms with E-state index in [0.29, 0.717) is 5.69 Å².